The zero-order chi connectivity index (χ0) is 17.4. The number of hydrogen-bond acceptors (Lipinski definition) is 3. The molecule has 1 aliphatic carbocycles. The Labute approximate surface area is 153 Å². The van der Waals surface area contributed by atoms with Gasteiger partial charge in [-0.25, -0.2) is 0 Å². The molecule has 0 bridgehead atoms. The number of piperidine rings is 1. The van der Waals surface area contributed by atoms with Crippen LogP contribution in [0.4, 0.5) is 5.69 Å². The van der Waals surface area contributed by atoms with Crippen LogP contribution in [0.2, 0.25) is 5.02 Å². The standard InChI is InChI=1S/C21H22ClNO2/c22-18-7-5-17(6-8-18)21(25)11-13-23(14-12-21)19-9-3-16(4-10-19)20(24)15-1-2-15/h3-10,15,25H,1-2,11-14H2. The van der Waals surface area contributed by atoms with E-state index in [2.05, 4.69) is 4.90 Å². The second kappa shape index (κ2) is 6.47. The van der Waals surface area contributed by atoms with Crippen molar-refractivity contribution >= 4 is 23.1 Å². The van der Waals surface area contributed by atoms with Gasteiger partial charge in [-0.15, -0.1) is 0 Å². The van der Waals surface area contributed by atoms with Gasteiger partial charge in [0.25, 0.3) is 0 Å². The molecule has 2 fully saturated rings. The van der Waals surface area contributed by atoms with Gasteiger partial charge in [0, 0.05) is 35.3 Å². The van der Waals surface area contributed by atoms with Crippen molar-refractivity contribution in [1.82, 2.24) is 0 Å². The van der Waals surface area contributed by atoms with Gasteiger partial charge in [-0.1, -0.05) is 23.7 Å². The molecule has 130 valence electrons. The summed E-state index contributed by atoms with van der Waals surface area (Å²) >= 11 is 5.94. The van der Waals surface area contributed by atoms with Gasteiger partial charge in [0.05, 0.1) is 5.60 Å². The molecule has 1 saturated heterocycles. The van der Waals surface area contributed by atoms with Gasteiger partial charge in [0.2, 0.25) is 0 Å². The Balaban J connectivity index is 1.42. The highest BCUT2D eigenvalue weighted by molar-refractivity contribution is 6.30. The number of ketones is 1. The summed E-state index contributed by atoms with van der Waals surface area (Å²) in [4.78, 5) is 14.4. The lowest BCUT2D eigenvalue weighted by molar-refractivity contribution is 0.0118. The van der Waals surface area contributed by atoms with Crippen LogP contribution in [0.1, 0.15) is 41.6 Å². The molecular formula is C21H22ClNO2. The summed E-state index contributed by atoms with van der Waals surface area (Å²) in [5.41, 5.74) is 2.08. The summed E-state index contributed by atoms with van der Waals surface area (Å²) in [5.74, 6) is 0.539. The number of carbonyl (C=O) groups is 1. The normalized spacial score (nSPS) is 19.7. The van der Waals surface area contributed by atoms with Crippen molar-refractivity contribution in [1.29, 1.82) is 0 Å². The number of aliphatic hydroxyl groups is 1. The first kappa shape index (κ1) is 16.6. The van der Waals surface area contributed by atoms with E-state index in [9.17, 15) is 9.90 Å². The SMILES string of the molecule is O=C(c1ccc(N2CCC(O)(c3ccc(Cl)cc3)CC2)cc1)C1CC1. The first-order valence-corrected chi connectivity index (χ1v) is 9.31. The molecule has 0 unspecified atom stereocenters. The van der Waals surface area contributed by atoms with E-state index in [1.165, 1.54) is 0 Å². The minimum Gasteiger partial charge on any atom is -0.385 e. The van der Waals surface area contributed by atoms with E-state index in [1.807, 2.05) is 48.5 Å². The third-order valence-corrected chi connectivity index (χ3v) is 5.69. The van der Waals surface area contributed by atoms with Crippen molar-refractivity contribution in [3.05, 3.63) is 64.7 Å². The average Bonchev–Trinajstić information content (AvgIpc) is 3.48. The minimum absolute atomic E-state index is 0.259. The van der Waals surface area contributed by atoms with Gasteiger partial charge in [-0.3, -0.25) is 4.79 Å². The summed E-state index contributed by atoms with van der Waals surface area (Å²) in [6, 6.07) is 15.4. The van der Waals surface area contributed by atoms with E-state index in [0.717, 1.165) is 42.7 Å². The molecule has 25 heavy (non-hydrogen) atoms. The summed E-state index contributed by atoms with van der Waals surface area (Å²) in [5, 5.41) is 11.7. The van der Waals surface area contributed by atoms with Crippen molar-refractivity contribution in [2.24, 2.45) is 5.92 Å². The largest absolute Gasteiger partial charge is 0.385 e. The fourth-order valence-corrected chi connectivity index (χ4v) is 3.73. The topological polar surface area (TPSA) is 40.5 Å². The summed E-state index contributed by atoms with van der Waals surface area (Å²) in [6.07, 6.45) is 3.43. The molecule has 2 aliphatic rings. The Bertz CT molecular complexity index is 757. The van der Waals surface area contributed by atoms with Crippen molar-refractivity contribution in [2.75, 3.05) is 18.0 Å². The maximum Gasteiger partial charge on any atom is 0.165 e. The van der Waals surface area contributed by atoms with Crippen molar-refractivity contribution in [2.45, 2.75) is 31.3 Å². The molecule has 0 radical (unpaired) electrons. The van der Waals surface area contributed by atoms with Crippen LogP contribution in [0.3, 0.4) is 0 Å². The fourth-order valence-electron chi connectivity index (χ4n) is 3.60. The number of benzene rings is 2. The van der Waals surface area contributed by atoms with E-state index in [-0.39, 0.29) is 11.7 Å². The van der Waals surface area contributed by atoms with Gasteiger partial charge < -0.3 is 10.0 Å². The number of Topliss-reactive ketones (excluding diaryl/α,β-unsaturated/α-hetero) is 1. The van der Waals surface area contributed by atoms with Gasteiger partial charge in [-0.05, 0) is 67.6 Å². The third-order valence-electron chi connectivity index (χ3n) is 5.44. The monoisotopic (exact) mass is 355 g/mol. The first-order chi connectivity index (χ1) is 12.0. The molecule has 1 N–H and O–H groups in total. The van der Waals surface area contributed by atoms with E-state index < -0.39 is 5.60 Å². The Kier molecular flexibility index (Phi) is 4.30. The fraction of sp³-hybridized carbons (Fsp3) is 0.381. The number of rotatable bonds is 4. The van der Waals surface area contributed by atoms with Gasteiger partial charge in [0.15, 0.2) is 5.78 Å². The maximum absolute atomic E-state index is 12.1. The molecule has 4 heteroatoms. The van der Waals surface area contributed by atoms with E-state index in [1.54, 1.807) is 0 Å². The highest BCUT2D eigenvalue weighted by Crippen LogP contribution is 2.36. The van der Waals surface area contributed by atoms with Crippen molar-refractivity contribution in [3.8, 4) is 0 Å². The lowest BCUT2D eigenvalue weighted by Crippen LogP contribution is -2.42. The molecule has 4 rings (SSSR count). The predicted molar refractivity (Wildman–Crippen MR) is 100 cm³/mol. The highest BCUT2D eigenvalue weighted by Gasteiger charge is 2.34. The smallest absolute Gasteiger partial charge is 0.165 e. The maximum atomic E-state index is 12.1. The van der Waals surface area contributed by atoms with Crippen LogP contribution in [-0.2, 0) is 5.60 Å². The van der Waals surface area contributed by atoms with Crippen LogP contribution in [0.25, 0.3) is 0 Å². The molecule has 3 nitrogen and oxygen atoms in total. The third kappa shape index (κ3) is 3.44. The number of halogens is 1. The van der Waals surface area contributed by atoms with E-state index in [0.29, 0.717) is 17.9 Å². The van der Waals surface area contributed by atoms with Crippen LogP contribution >= 0.6 is 11.6 Å². The molecule has 1 heterocycles. The van der Waals surface area contributed by atoms with E-state index >= 15 is 0 Å². The zero-order valence-electron chi connectivity index (χ0n) is 14.1. The Hall–Kier alpha value is -1.84. The van der Waals surface area contributed by atoms with Crippen LogP contribution in [-0.4, -0.2) is 24.0 Å². The van der Waals surface area contributed by atoms with Gasteiger partial charge in [-0.2, -0.15) is 0 Å². The molecule has 2 aromatic rings. The molecule has 0 atom stereocenters. The summed E-state index contributed by atoms with van der Waals surface area (Å²) in [6.45, 7) is 1.57. The van der Waals surface area contributed by atoms with Crippen LogP contribution in [0.15, 0.2) is 48.5 Å². The molecule has 1 saturated carbocycles. The van der Waals surface area contributed by atoms with Crippen molar-refractivity contribution in [3.63, 3.8) is 0 Å². The number of nitrogens with zero attached hydrogens (tertiary/aromatic N) is 1. The lowest BCUT2D eigenvalue weighted by atomic mass is 9.84. The second-order valence-electron chi connectivity index (χ2n) is 7.21. The molecular weight excluding hydrogens is 334 g/mol. The quantitative estimate of drug-likeness (QED) is 0.825. The van der Waals surface area contributed by atoms with Gasteiger partial charge in [0.1, 0.15) is 0 Å². The molecule has 2 aromatic carbocycles. The number of anilines is 1. The van der Waals surface area contributed by atoms with Crippen LogP contribution < -0.4 is 4.90 Å². The summed E-state index contributed by atoms with van der Waals surface area (Å²) in [7, 11) is 0. The van der Waals surface area contributed by atoms with Crippen molar-refractivity contribution < 1.29 is 9.90 Å². The molecule has 0 spiro atoms. The average molecular weight is 356 g/mol. The Morgan fingerprint density at radius 3 is 2.16 bits per heavy atom. The first-order valence-electron chi connectivity index (χ1n) is 8.93. The van der Waals surface area contributed by atoms with Crippen LogP contribution in [0.5, 0.6) is 0 Å². The predicted octanol–water partition coefficient (Wildman–Crippen LogP) is 4.42. The second-order valence-corrected chi connectivity index (χ2v) is 7.65. The number of hydrogen-bond donors (Lipinski definition) is 1. The minimum atomic E-state index is -0.789. The van der Waals surface area contributed by atoms with Crippen LogP contribution in [0, 0.1) is 5.92 Å². The molecule has 0 aromatic heterocycles. The number of carbonyl (C=O) groups excluding carboxylic acids is 1. The molecule has 1 aliphatic heterocycles. The highest BCUT2D eigenvalue weighted by atomic mass is 35.5. The van der Waals surface area contributed by atoms with Gasteiger partial charge >= 0.3 is 0 Å². The lowest BCUT2D eigenvalue weighted by Gasteiger charge is -2.39. The summed E-state index contributed by atoms with van der Waals surface area (Å²) < 4.78 is 0. The zero-order valence-corrected chi connectivity index (χ0v) is 14.9. The Morgan fingerprint density at radius 2 is 1.60 bits per heavy atom. The molecule has 0 amide bonds. The van der Waals surface area contributed by atoms with E-state index in [4.69, 9.17) is 11.6 Å². The Morgan fingerprint density at radius 1 is 1.00 bits per heavy atom.